The third-order valence-electron chi connectivity index (χ3n) is 0. The van der Waals surface area contributed by atoms with Crippen molar-refractivity contribution >= 4 is 23.1 Å². The molecule has 0 saturated heterocycles. The maximum Gasteiger partial charge on any atom is 2.00 e. The van der Waals surface area contributed by atoms with Crippen LogP contribution in [0.1, 0.15) is 2.85 Å². The van der Waals surface area contributed by atoms with E-state index in [1.165, 1.54) is 0 Å². The molecule has 0 amide bonds. The molecule has 0 rings (SSSR count). The number of hydrogen-bond acceptors (Lipinski definition) is 0. The predicted molar refractivity (Wildman–Crippen MR) is 7.98 cm³/mol. The first-order chi connectivity index (χ1) is 0. The van der Waals surface area contributed by atoms with Crippen LogP contribution in [-0.2, 0) is 70.7 Å². The van der Waals surface area contributed by atoms with E-state index in [1.54, 1.807) is 0 Å². The molecule has 0 spiro atoms. The minimum atomic E-state index is 0. The Labute approximate surface area is 95.3 Å². The van der Waals surface area contributed by atoms with Gasteiger partial charge < -0.3 is 2.85 Å². The Morgan fingerprint density at radius 1 is 1.20 bits per heavy atom. The van der Waals surface area contributed by atoms with Crippen LogP contribution < -0.4 is 0 Å². The summed E-state index contributed by atoms with van der Waals surface area (Å²) in [5, 5.41) is 0. The van der Waals surface area contributed by atoms with Crippen molar-refractivity contribution in [2.45, 2.75) is 0 Å². The first-order valence-electron chi connectivity index (χ1n) is 0. The molecule has 0 aromatic carbocycles. The van der Waals surface area contributed by atoms with E-state index < -0.39 is 0 Å². The van der Waals surface area contributed by atoms with Crippen LogP contribution >= 0.6 is 0 Å². The molecule has 0 heterocycles. The van der Waals surface area contributed by atoms with Crippen LogP contribution in [0.15, 0.2) is 0 Å². The van der Waals surface area contributed by atoms with E-state index in [0.717, 1.165) is 0 Å². The number of rotatable bonds is 0. The van der Waals surface area contributed by atoms with Crippen molar-refractivity contribution in [2.24, 2.45) is 0 Å². The molecular formula is H2CuFeMgMnZn. The van der Waals surface area contributed by atoms with E-state index in [4.69, 9.17) is 0 Å². The molecule has 0 aliphatic heterocycles. The van der Waals surface area contributed by atoms with Gasteiger partial charge in [0.2, 0.25) is 0 Å². The van der Waals surface area contributed by atoms with Crippen molar-refractivity contribution in [3.63, 3.8) is 0 Å². The normalized spacial score (nSPS) is 0. The molecule has 0 fully saturated rings. The predicted octanol–water partition coefficient (Wildman–Crippen LogP) is -0.166. The van der Waals surface area contributed by atoms with Gasteiger partial charge in [0.1, 0.15) is 0 Å². The summed E-state index contributed by atoms with van der Waals surface area (Å²) >= 11 is 0. The van der Waals surface area contributed by atoms with Crippen LogP contribution in [0.2, 0.25) is 0 Å². The fraction of sp³-hybridized carbons (Fsp3) is 0. The standard InChI is InChI=1S/Cu.Fe.Mg.Mn.Zn.2H/q;;+2;;;2*-1. The molecule has 0 bridgehead atoms. The van der Waals surface area contributed by atoms with Crippen molar-refractivity contribution < 1.29 is 73.5 Å². The second-order valence-electron chi connectivity index (χ2n) is 0. The SMILES string of the molecule is [Cu].[Fe].[H-].[H-].[Mg+2].[Mn].[Zn]. The molecule has 2 radical (unpaired) electrons. The maximum atomic E-state index is 0. The Morgan fingerprint density at radius 3 is 1.20 bits per heavy atom. The van der Waals surface area contributed by atoms with Gasteiger partial charge in [0.15, 0.2) is 0 Å². The second kappa shape index (κ2) is 28.3. The summed E-state index contributed by atoms with van der Waals surface area (Å²) in [6.45, 7) is 0. The molecule has 0 aliphatic carbocycles. The summed E-state index contributed by atoms with van der Waals surface area (Å²) in [6.07, 6.45) is 0. The molecule has 0 unspecified atom stereocenters. The van der Waals surface area contributed by atoms with E-state index in [0.29, 0.717) is 0 Å². The van der Waals surface area contributed by atoms with Gasteiger partial charge >= 0.3 is 23.1 Å². The molecule has 0 saturated carbocycles. The monoisotopic (exact) mass is 264 g/mol. The Bertz CT molecular complexity index is 17.7. The smallest absolute Gasteiger partial charge is 1.00 e. The molecule has 32 valence electrons. The summed E-state index contributed by atoms with van der Waals surface area (Å²) in [6, 6.07) is 0. The molecule has 0 N–H and O–H groups in total. The first kappa shape index (κ1) is 44.1. The van der Waals surface area contributed by atoms with Crippen LogP contribution in [-0.4, -0.2) is 23.1 Å². The van der Waals surface area contributed by atoms with Crippen molar-refractivity contribution in [3.05, 3.63) is 0 Å². The zero-order valence-electron chi connectivity index (χ0n) is 4.45. The minimum Gasteiger partial charge on any atom is -1.00 e. The van der Waals surface area contributed by atoms with E-state index in [9.17, 15) is 0 Å². The third-order valence-corrected chi connectivity index (χ3v) is 0. The van der Waals surface area contributed by atoms with Gasteiger partial charge in [0.25, 0.3) is 0 Å². The van der Waals surface area contributed by atoms with Crippen molar-refractivity contribution in [3.8, 4) is 0 Å². The largest absolute Gasteiger partial charge is 2.00 e. The summed E-state index contributed by atoms with van der Waals surface area (Å²) in [5.74, 6) is 0. The Morgan fingerprint density at radius 2 is 1.20 bits per heavy atom. The Kier molecular flexibility index (Phi) is 250. The average molecular weight is 266 g/mol. The molecule has 0 nitrogen and oxygen atoms in total. The van der Waals surface area contributed by atoms with Gasteiger partial charge in [-0.25, -0.2) is 0 Å². The molecule has 0 atom stereocenters. The Hall–Kier alpha value is 2.95. The maximum absolute atomic E-state index is 0. The zero-order valence-corrected chi connectivity index (χ0v) is 10.1. The summed E-state index contributed by atoms with van der Waals surface area (Å²) in [5.41, 5.74) is 0. The van der Waals surface area contributed by atoms with Gasteiger partial charge in [-0.1, -0.05) is 0 Å². The molecule has 5 heavy (non-hydrogen) atoms. The third kappa shape index (κ3) is 19.6. The van der Waals surface area contributed by atoms with Gasteiger partial charge in [-0.2, -0.15) is 0 Å². The van der Waals surface area contributed by atoms with Crippen molar-refractivity contribution in [2.75, 3.05) is 0 Å². The quantitative estimate of drug-likeness (QED) is 0.534. The topological polar surface area (TPSA) is 0 Å². The molecule has 0 aliphatic rings. The van der Waals surface area contributed by atoms with Crippen LogP contribution in [0.4, 0.5) is 0 Å². The van der Waals surface area contributed by atoms with Crippen LogP contribution in [0.3, 0.4) is 0 Å². The van der Waals surface area contributed by atoms with Gasteiger partial charge in [-0.3, -0.25) is 0 Å². The average Bonchev–Trinajstić information content (AvgIpc) is 0. The molecule has 5 heteroatoms. The summed E-state index contributed by atoms with van der Waals surface area (Å²) in [4.78, 5) is 0. The second-order valence-corrected chi connectivity index (χ2v) is 0. The van der Waals surface area contributed by atoms with Crippen LogP contribution in [0.25, 0.3) is 0 Å². The summed E-state index contributed by atoms with van der Waals surface area (Å²) in [7, 11) is 0. The number of hydrogen-bond donors (Lipinski definition) is 0. The minimum absolute atomic E-state index is 0. The van der Waals surface area contributed by atoms with Crippen LogP contribution in [0.5, 0.6) is 0 Å². The van der Waals surface area contributed by atoms with Crippen molar-refractivity contribution in [1.29, 1.82) is 0 Å². The van der Waals surface area contributed by atoms with Crippen LogP contribution in [0, 0.1) is 0 Å². The van der Waals surface area contributed by atoms with Crippen molar-refractivity contribution in [1.82, 2.24) is 0 Å². The van der Waals surface area contributed by atoms with E-state index >= 15 is 0 Å². The van der Waals surface area contributed by atoms with Gasteiger partial charge in [0, 0.05) is 70.7 Å². The van der Waals surface area contributed by atoms with E-state index in [-0.39, 0.29) is 96.6 Å². The van der Waals surface area contributed by atoms with Gasteiger partial charge in [-0.05, 0) is 0 Å². The summed E-state index contributed by atoms with van der Waals surface area (Å²) < 4.78 is 0. The molecular weight excluding hydrogens is 264 g/mol. The first-order valence-corrected chi connectivity index (χ1v) is 0. The van der Waals surface area contributed by atoms with E-state index in [2.05, 4.69) is 0 Å². The molecule has 0 aromatic rings. The Balaban J connectivity index is 0. The zero-order chi connectivity index (χ0) is 0. The van der Waals surface area contributed by atoms with Gasteiger partial charge in [0.05, 0.1) is 0 Å². The van der Waals surface area contributed by atoms with E-state index in [1.807, 2.05) is 0 Å². The molecule has 0 aromatic heterocycles. The van der Waals surface area contributed by atoms with Gasteiger partial charge in [-0.15, -0.1) is 0 Å². The fourth-order valence-electron chi connectivity index (χ4n) is 0. The fourth-order valence-corrected chi connectivity index (χ4v) is 0.